The Morgan fingerprint density at radius 1 is 1.09 bits per heavy atom. The fraction of sp³-hybridized carbons (Fsp3) is 0.179. The topological polar surface area (TPSA) is 53.4 Å². The van der Waals surface area contributed by atoms with E-state index in [9.17, 15) is 0 Å². The lowest BCUT2D eigenvalue weighted by Crippen LogP contribution is -2.29. The second-order valence-electron chi connectivity index (χ2n) is 9.22. The number of allylic oxidation sites excluding steroid dienone is 2. The van der Waals surface area contributed by atoms with E-state index in [2.05, 4.69) is 77.4 Å². The van der Waals surface area contributed by atoms with Crippen LogP contribution in [0.15, 0.2) is 81.9 Å². The molecule has 34 heavy (non-hydrogen) atoms. The van der Waals surface area contributed by atoms with Gasteiger partial charge in [-0.15, -0.1) is 0 Å². The molecule has 4 aromatic rings. The van der Waals surface area contributed by atoms with Crippen molar-refractivity contribution < 1.29 is 0 Å². The van der Waals surface area contributed by atoms with E-state index >= 15 is 0 Å². The highest BCUT2D eigenvalue weighted by molar-refractivity contribution is 7.08. The van der Waals surface area contributed by atoms with Gasteiger partial charge in [-0.1, -0.05) is 23.8 Å². The summed E-state index contributed by atoms with van der Waals surface area (Å²) in [5.41, 5.74) is 14.0. The minimum absolute atomic E-state index is 0.415. The quantitative estimate of drug-likeness (QED) is 0.392. The number of aryl methyl sites for hydroxylation is 1. The van der Waals surface area contributed by atoms with Gasteiger partial charge >= 0.3 is 0 Å². The SMILES string of the molecule is Cc1cccc(-c2cc3c(cn2)N(C)CN=C3C2=C3CC3c3c(ccnc3-c3ccsc3)N2)c1. The van der Waals surface area contributed by atoms with Crippen molar-refractivity contribution in [1.82, 2.24) is 9.97 Å². The summed E-state index contributed by atoms with van der Waals surface area (Å²) in [7, 11) is 2.08. The summed E-state index contributed by atoms with van der Waals surface area (Å²) in [6.45, 7) is 2.74. The molecular formula is C28H23N5S. The zero-order chi connectivity index (χ0) is 22.8. The van der Waals surface area contributed by atoms with Gasteiger partial charge < -0.3 is 10.2 Å². The van der Waals surface area contributed by atoms with Crippen molar-refractivity contribution in [3.8, 4) is 22.5 Å². The van der Waals surface area contributed by atoms with Crippen LogP contribution in [-0.4, -0.2) is 29.4 Å². The molecular weight excluding hydrogens is 438 g/mol. The maximum absolute atomic E-state index is 5.03. The monoisotopic (exact) mass is 461 g/mol. The van der Waals surface area contributed by atoms with Crippen LogP contribution in [0.3, 0.4) is 0 Å². The van der Waals surface area contributed by atoms with Crippen LogP contribution in [0.2, 0.25) is 0 Å². The van der Waals surface area contributed by atoms with Crippen molar-refractivity contribution in [3.05, 3.63) is 93.6 Å². The number of thiophene rings is 1. The van der Waals surface area contributed by atoms with E-state index < -0.39 is 0 Å². The second-order valence-corrected chi connectivity index (χ2v) is 10.00. The van der Waals surface area contributed by atoms with Crippen LogP contribution in [0.25, 0.3) is 22.5 Å². The molecule has 0 bridgehead atoms. The molecule has 0 radical (unpaired) electrons. The van der Waals surface area contributed by atoms with E-state index in [0.29, 0.717) is 12.6 Å². The third kappa shape index (κ3) is 3.02. The van der Waals surface area contributed by atoms with E-state index in [-0.39, 0.29) is 0 Å². The maximum Gasteiger partial charge on any atom is 0.110 e. The molecule has 1 N–H and O–H groups in total. The summed E-state index contributed by atoms with van der Waals surface area (Å²) in [5.74, 6) is 0.415. The predicted octanol–water partition coefficient (Wildman–Crippen LogP) is 6.24. The van der Waals surface area contributed by atoms with Crippen LogP contribution >= 0.6 is 11.3 Å². The van der Waals surface area contributed by atoms with Gasteiger partial charge in [-0.25, -0.2) is 0 Å². The molecule has 1 atom stereocenters. The number of nitrogens with zero attached hydrogens (tertiary/aromatic N) is 4. The smallest absolute Gasteiger partial charge is 0.110 e. The van der Waals surface area contributed by atoms with Gasteiger partial charge in [-0.3, -0.25) is 15.0 Å². The van der Waals surface area contributed by atoms with Crippen LogP contribution in [0.5, 0.6) is 0 Å². The number of anilines is 2. The van der Waals surface area contributed by atoms with Crippen molar-refractivity contribution in [3.63, 3.8) is 0 Å². The highest BCUT2D eigenvalue weighted by Gasteiger charge is 2.43. The molecule has 2 aliphatic heterocycles. The Morgan fingerprint density at radius 3 is 2.88 bits per heavy atom. The summed E-state index contributed by atoms with van der Waals surface area (Å²) in [4.78, 5) is 16.7. The van der Waals surface area contributed by atoms with Crippen LogP contribution < -0.4 is 10.2 Å². The fourth-order valence-corrected chi connectivity index (χ4v) is 5.80. The maximum atomic E-state index is 5.03. The number of aliphatic imine (C=N–C) groups is 1. The third-order valence-electron chi connectivity index (χ3n) is 6.94. The normalized spacial score (nSPS) is 18.0. The van der Waals surface area contributed by atoms with E-state index in [0.717, 1.165) is 51.7 Å². The predicted molar refractivity (Wildman–Crippen MR) is 140 cm³/mol. The summed E-state index contributed by atoms with van der Waals surface area (Å²) < 4.78 is 0. The Kier molecular flexibility index (Phi) is 4.26. The largest absolute Gasteiger partial charge is 0.353 e. The molecule has 6 heteroatoms. The Hall–Kier alpha value is -3.77. The van der Waals surface area contributed by atoms with Gasteiger partial charge in [0, 0.05) is 52.5 Å². The number of aromatic nitrogens is 2. The number of benzene rings is 1. The third-order valence-corrected chi connectivity index (χ3v) is 7.62. The molecule has 3 aliphatic rings. The highest BCUT2D eigenvalue weighted by atomic mass is 32.1. The first kappa shape index (κ1) is 19.7. The molecule has 166 valence electrons. The van der Waals surface area contributed by atoms with Gasteiger partial charge in [0.05, 0.1) is 34.7 Å². The molecule has 1 fully saturated rings. The van der Waals surface area contributed by atoms with Gasteiger partial charge in [0.2, 0.25) is 0 Å². The average Bonchev–Trinajstić information content (AvgIpc) is 3.48. The number of hydrogen-bond donors (Lipinski definition) is 1. The van der Waals surface area contributed by atoms with Crippen LogP contribution in [-0.2, 0) is 0 Å². The minimum Gasteiger partial charge on any atom is -0.353 e. The Labute approximate surface area is 202 Å². The van der Waals surface area contributed by atoms with E-state index in [1.165, 1.54) is 22.3 Å². The van der Waals surface area contributed by atoms with Crippen LogP contribution in [0, 0.1) is 6.92 Å². The van der Waals surface area contributed by atoms with Gasteiger partial charge in [-0.2, -0.15) is 11.3 Å². The molecule has 3 aromatic heterocycles. The molecule has 0 amide bonds. The van der Waals surface area contributed by atoms with Crippen LogP contribution in [0.4, 0.5) is 11.4 Å². The lowest BCUT2D eigenvalue weighted by Gasteiger charge is -2.29. The van der Waals surface area contributed by atoms with Crippen molar-refractivity contribution in [2.75, 3.05) is 23.9 Å². The minimum atomic E-state index is 0.415. The summed E-state index contributed by atoms with van der Waals surface area (Å²) in [6, 6.07) is 15.0. The Balaban J connectivity index is 1.32. The van der Waals surface area contributed by atoms with Gasteiger partial charge in [0.15, 0.2) is 0 Å². The number of hydrogen-bond acceptors (Lipinski definition) is 6. The Morgan fingerprint density at radius 2 is 2.03 bits per heavy atom. The van der Waals surface area contributed by atoms with Gasteiger partial charge in [-0.05, 0) is 48.6 Å². The molecule has 7 rings (SSSR count). The molecule has 0 spiro atoms. The lowest BCUT2D eigenvalue weighted by atomic mass is 9.95. The standard InChI is InChI=1S/C28H23N5S/c1-16-4-3-5-17(10-16)23-12-21-24(13-30-23)33(2)15-31-27(21)28-20-11-19(20)25-22(32-28)6-8-29-26(25)18-7-9-34-14-18/h3-10,12-14,19,32H,11,15H2,1-2H3. The van der Waals surface area contributed by atoms with Crippen molar-refractivity contribution in [2.45, 2.75) is 19.3 Å². The number of rotatable bonds is 3. The molecule has 1 aromatic carbocycles. The molecule has 1 saturated carbocycles. The first-order valence-electron chi connectivity index (χ1n) is 11.5. The lowest BCUT2D eigenvalue weighted by molar-refractivity contribution is 0.910. The molecule has 1 unspecified atom stereocenters. The number of fused-ring (bicyclic) bond motifs is 4. The van der Waals surface area contributed by atoms with Crippen molar-refractivity contribution >= 4 is 28.4 Å². The first-order valence-corrected chi connectivity index (χ1v) is 12.5. The van der Waals surface area contributed by atoms with Gasteiger partial charge in [0.1, 0.15) is 6.67 Å². The van der Waals surface area contributed by atoms with Crippen LogP contribution in [0.1, 0.15) is 29.0 Å². The van der Waals surface area contributed by atoms with E-state index in [1.54, 1.807) is 11.3 Å². The summed E-state index contributed by atoms with van der Waals surface area (Å²) >= 11 is 1.71. The van der Waals surface area contributed by atoms with E-state index in [1.807, 2.05) is 12.4 Å². The first-order chi connectivity index (χ1) is 16.7. The van der Waals surface area contributed by atoms with Crippen molar-refractivity contribution in [1.29, 1.82) is 0 Å². The summed E-state index contributed by atoms with van der Waals surface area (Å²) in [5, 5.41) is 8.06. The average molecular weight is 462 g/mol. The highest BCUT2D eigenvalue weighted by Crippen LogP contribution is 2.57. The molecule has 5 heterocycles. The number of nitrogens with one attached hydrogen (secondary N) is 1. The van der Waals surface area contributed by atoms with E-state index in [4.69, 9.17) is 15.0 Å². The fourth-order valence-electron chi connectivity index (χ4n) is 5.16. The zero-order valence-corrected chi connectivity index (χ0v) is 19.9. The summed E-state index contributed by atoms with van der Waals surface area (Å²) in [6.07, 6.45) is 4.96. The zero-order valence-electron chi connectivity index (χ0n) is 19.0. The van der Waals surface area contributed by atoms with Gasteiger partial charge in [0.25, 0.3) is 0 Å². The number of pyridine rings is 2. The molecule has 1 aliphatic carbocycles. The second kappa shape index (κ2) is 7.37. The Bertz CT molecular complexity index is 1520. The molecule has 5 nitrogen and oxygen atoms in total. The van der Waals surface area contributed by atoms with Crippen molar-refractivity contribution in [2.24, 2.45) is 4.99 Å². The molecule has 0 saturated heterocycles.